The number of hydrogen-bond acceptors (Lipinski definition) is 5. The van der Waals surface area contributed by atoms with Crippen LogP contribution in [0.3, 0.4) is 0 Å². The molecule has 0 spiro atoms. The first kappa shape index (κ1) is 17.9. The number of pyridine rings is 1. The van der Waals surface area contributed by atoms with Crippen LogP contribution in [0.4, 0.5) is 0 Å². The van der Waals surface area contributed by atoms with Crippen LogP contribution in [0, 0.1) is 11.3 Å². The third-order valence-corrected chi connectivity index (χ3v) is 6.20. The number of aromatic amines is 1. The van der Waals surface area contributed by atoms with Gasteiger partial charge in [-0.2, -0.15) is 5.26 Å². The Kier molecular flexibility index (Phi) is 5.03. The highest BCUT2D eigenvalue weighted by Crippen LogP contribution is 2.36. The van der Waals surface area contributed by atoms with Gasteiger partial charge in [-0.3, -0.25) is 9.11 Å². The lowest BCUT2D eigenvalue weighted by atomic mass is 9.89. The predicted molar refractivity (Wildman–Crippen MR) is 102 cm³/mol. The van der Waals surface area contributed by atoms with Crippen LogP contribution in [0.2, 0.25) is 0 Å². The second kappa shape index (κ2) is 7.61. The number of rotatable bonds is 4. The van der Waals surface area contributed by atoms with E-state index in [4.69, 9.17) is 5.26 Å². The standard InChI is InChI=1S/C20H20N4O2S/c21-12-14-3-1-4-16(11-14)20(27(25)26)24-9-6-15(7-10-24)18-13-23-19-17(18)5-2-8-22-19/h1-5,8,11,13,15,20H,6-7,9-10H2,(H,22,23)(H,25,26)/p-1. The highest BCUT2D eigenvalue weighted by molar-refractivity contribution is 7.79. The Morgan fingerprint density at radius 2 is 2.11 bits per heavy atom. The van der Waals surface area contributed by atoms with E-state index in [1.54, 1.807) is 30.5 Å². The van der Waals surface area contributed by atoms with Crippen LogP contribution in [0.1, 0.15) is 40.8 Å². The van der Waals surface area contributed by atoms with E-state index in [0.717, 1.165) is 23.9 Å². The molecule has 2 unspecified atom stereocenters. The monoisotopic (exact) mass is 379 g/mol. The molecule has 1 aliphatic rings. The number of nitrogens with one attached hydrogen (secondary N) is 1. The van der Waals surface area contributed by atoms with Crippen molar-refractivity contribution in [3.8, 4) is 6.07 Å². The SMILES string of the molecule is N#Cc1cccc(C(N2CCC(c3c[nH]c4ncccc34)CC2)S(=O)[O-])c1. The van der Waals surface area contributed by atoms with Crippen molar-refractivity contribution in [3.05, 3.63) is 65.5 Å². The molecular weight excluding hydrogens is 360 g/mol. The Hall–Kier alpha value is -2.53. The van der Waals surface area contributed by atoms with Crippen LogP contribution in [0.5, 0.6) is 0 Å². The molecule has 2 aromatic heterocycles. The second-order valence-corrected chi connectivity index (χ2v) is 7.77. The third kappa shape index (κ3) is 3.52. The Morgan fingerprint density at radius 3 is 2.85 bits per heavy atom. The molecule has 1 aliphatic heterocycles. The fourth-order valence-electron chi connectivity index (χ4n) is 3.97. The number of aromatic nitrogens is 2. The molecule has 0 aliphatic carbocycles. The zero-order valence-electron chi connectivity index (χ0n) is 14.7. The number of likely N-dealkylation sites (tertiary alicyclic amines) is 1. The maximum atomic E-state index is 11.9. The van der Waals surface area contributed by atoms with Gasteiger partial charge in [0.2, 0.25) is 0 Å². The molecule has 4 rings (SSSR count). The van der Waals surface area contributed by atoms with E-state index in [1.165, 1.54) is 5.56 Å². The van der Waals surface area contributed by atoms with Crippen molar-refractivity contribution < 1.29 is 8.76 Å². The van der Waals surface area contributed by atoms with Crippen LogP contribution in [0.15, 0.2) is 48.8 Å². The highest BCUT2D eigenvalue weighted by atomic mass is 32.2. The number of H-pyrrole nitrogens is 1. The first-order chi connectivity index (χ1) is 13.2. The van der Waals surface area contributed by atoms with Crippen LogP contribution in [-0.4, -0.2) is 36.7 Å². The zero-order chi connectivity index (χ0) is 18.8. The predicted octanol–water partition coefficient (Wildman–Crippen LogP) is 3.19. The molecule has 1 N–H and O–H groups in total. The van der Waals surface area contributed by atoms with Gasteiger partial charge in [0.25, 0.3) is 0 Å². The minimum absolute atomic E-state index is 0.380. The van der Waals surface area contributed by atoms with Crippen molar-refractivity contribution >= 4 is 22.1 Å². The molecule has 7 heteroatoms. The van der Waals surface area contributed by atoms with Crippen molar-refractivity contribution in [1.29, 1.82) is 5.26 Å². The summed E-state index contributed by atoms with van der Waals surface area (Å²) in [5.41, 5.74) is 3.27. The summed E-state index contributed by atoms with van der Waals surface area (Å²) in [5, 5.41) is 9.52. The molecule has 0 amide bonds. The van der Waals surface area contributed by atoms with Crippen molar-refractivity contribution in [2.75, 3.05) is 13.1 Å². The van der Waals surface area contributed by atoms with Gasteiger partial charge in [-0.25, -0.2) is 4.98 Å². The molecule has 1 saturated heterocycles. The largest absolute Gasteiger partial charge is 0.771 e. The van der Waals surface area contributed by atoms with Crippen molar-refractivity contribution in [3.63, 3.8) is 0 Å². The molecule has 3 aromatic rings. The number of fused-ring (bicyclic) bond motifs is 1. The van der Waals surface area contributed by atoms with E-state index in [1.807, 2.05) is 17.2 Å². The van der Waals surface area contributed by atoms with E-state index < -0.39 is 16.5 Å². The molecule has 1 aromatic carbocycles. The van der Waals surface area contributed by atoms with Crippen LogP contribution in [0.25, 0.3) is 11.0 Å². The fraction of sp³-hybridized carbons (Fsp3) is 0.300. The normalized spacial score (nSPS) is 18.2. The molecule has 6 nitrogen and oxygen atoms in total. The van der Waals surface area contributed by atoms with E-state index >= 15 is 0 Å². The lowest BCUT2D eigenvalue weighted by Crippen LogP contribution is -2.38. The summed E-state index contributed by atoms with van der Waals surface area (Å²) in [5.74, 6) is 0.380. The first-order valence-electron chi connectivity index (χ1n) is 8.91. The van der Waals surface area contributed by atoms with Gasteiger partial charge in [0, 0.05) is 30.9 Å². The molecule has 3 heterocycles. The van der Waals surface area contributed by atoms with Crippen molar-refractivity contribution in [2.24, 2.45) is 0 Å². The fourth-order valence-corrected chi connectivity index (χ4v) is 4.79. The summed E-state index contributed by atoms with van der Waals surface area (Å²) >= 11 is -2.28. The topological polar surface area (TPSA) is 95.8 Å². The number of hydrogen-bond donors (Lipinski definition) is 1. The molecule has 0 bridgehead atoms. The minimum atomic E-state index is -2.28. The highest BCUT2D eigenvalue weighted by Gasteiger charge is 2.28. The summed E-state index contributed by atoms with van der Waals surface area (Å²) in [6.07, 6.45) is 5.56. The number of nitrogens with zero attached hydrogens (tertiary/aromatic N) is 3. The summed E-state index contributed by atoms with van der Waals surface area (Å²) in [6.45, 7) is 1.38. The average Bonchev–Trinajstić information content (AvgIpc) is 3.13. The van der Waals surface area contributed by atoms with E-state index in [9.17, 15) is 8.76 Å². The summed E-state index contributed by atoms with van der Waals surface area (Å²) in [6, 6.07) is 13.0. The maximum Gasteiger partial charge on any atom is 0.137 e. The number of piperidine rings is 1. The Morgan fingerprint density at radius 1 is 1.30 bits per heavy atom. The Bertz CT molecular complexity index is 1020. The van der Waals surface area contributed by atoms with Gasteiger partial charge >= 0.3 is 0 Å². The Labute approximate surface area is 160 Å². The lowest BCUT2D eigenvalue weighted by Gasteiger charge is -2.38. The molecule has 0 radical (unpaired) electrons. The summed E-state index contributed by atoms with van der Waals surface area (Å²) < 4.78 is 23.9. The van der Waals surface area contributed by atoms with Crippen molar-refractivity contribution in [1.82, 2.24) is 14.9 Å². The molecule has 27 heavy (non-hydrogen) atoms. The van der Waals surface area contributed by atoms with Gasteiger partial charge in [-0.05, 0) is 65.2 Å². The summed E-state index contributed by atoms with van der Waals surface area (Å²) in [4.78, 5) is 9.56. The third-order valence-electron chi connectivity index (χ3n) is 5.27. The van der Waals surface area contributed by atoms with E-state index in [-0.39, 0.29) is 0 Å². The lowest BCUT2D eigenvalue weighted by molar-refractivity contribution is 0.191. The average molecular weight is 379 g/mol. The van der Waals surface area contributed by atoms with Gasteiger partial charge in [0.1, 0.15) is 5.65 Å². The van der Waals surface area contributed by atoms with E-state index in [0.29, 0.717) is 30.1 Å². The van der Waals surface area contributed by atoms with Gasteiger partial charge in [-0.15, -0.1) is 0 Å². The maximum absolute atomic E-state index is 11.9. The smallest absolute Gasteiger partial charge is 0.137 e. The van der Waals surface area contributed by atoms with Gasteiger partial charge < -0.3 is 9.54 Å². The molecule has 1 fully saturated rings. The molecule has 138 valence electrons. The zero-order valence-corrected chi connectivity index (χ0v) is 15.5. The first-order valence-corrected chi connectivity index (χ1v) is 10.1. The van der Waals surface area contributed by atoms with Gasteiger partial charge in [0.15, 0.2) is 0 Å². The second-order valence-electron chi connectivity index (χ2n) is 6.80. The number of nitriles is 1. The quantitative estimate of drug-likeness (QED) is 0.702. The molecule has 2 atom stereocenters. The molecule has 0 saturated carbocycles. The van der Waals surface area contributed by atoms with E-state index in [2.05, 4.69) is 22.1 Å². The molecular formula is C20H19N4O2S-. The Balaban J connectivity index is 1.53. The van der Waals surface area contributed by atoms with Crippen LogP contribution in [-0.2, 0) is 11.1 Å². The van der Waals surface area contributed by atoms with Crippen LogP contribution >= 0.6 is 0 Å². The van der Waals surface area contributed by atoms with Gasteiger partial charge in [-0.1, -0.05) is 12.1 Å². The minimum Gasteiger partial charge on any atom is -0.771 e. The van der Waals surface area contributed by atoms with Gasteiger partial charge in [0.05, 0.1) is 17.0 Å². The number of benzene rings is 1. The van der Waals surface area contributed by atoms with Crippen LogP contribution < -0.4 is 0 Å². The summed E-state index contributed by atoms with van der Waals surface area (Å²) in [7, 11) is 0. The van der Waals surface area contributed by atoms with Crippen molar-refractivity contribution in [2.45, 2.75) is 24.1 Å².